The monoisotopic (exact) mass is 1450 g/mol. The first-order valence-corrected chi connectivity index (χ1v) is 34.3. The molecule has 0 saturated heterocycles. The number of carboxylic acids is 3. The second-order valence-corrected chi connectivity index (χ2v) is 25.6. The molecule has 21 N–H and O–H groups in total. The summed E-state index contributed by atoms with van der Waals surface area (Å²) in [6, 6.07) is 3.34. The van der Waals surface area contributed by atoms with Gasteiger partial charge in [-0.15, -0.1) is 0 Å². The van der Waals surface area contributed by atoms with Crippen molar-refractivity contribution in [3.05, 3.63) is 95.6 Å². The van der Waals surface area contributed by atoms with Crippen LogP contribution in [0.4, 0.5) is 0 Å². The molecule has 0 radical (unpaired) electrons. The first-order chi connectivity index (χ1) is 47.7. The Morgan fingerprint density at radius 1 is 0.426 bits per heavy atom. The van der Waals surface area contributed by atoms with Crippen molar-refractivity contribution in [3.8, 4) is 11.5 Å². The number of guanidine groups is 1. The molecular weight excluding hydrogens is 1350 g/mol. The van der Waals surface area contributed by atoms with E-state index in [0.717, 1.165) is 0 Å². The summed E-state index contributed by atoms with van der Waals surface area (Å²) in [7, 11) is 0. The molecule has 0 unspecified atom stereocenters. The lowest BCUT2D eigenvalue weighted by Gasteiger charge is -2.30. The van der Waals surface area contributed by atoms with Gasteiger partial charge in [0.2, 0.25) is 59.1 Å². The van der Waals surface area contributed by atoms with Gasteiger partial charge in [0, 0.05) is 43.7 Å². The van der Waals surface area contributed by atoms with Crippen molar-refractivity contribution in [2.45, 2.75) is 185 Å². The zero-order valence-electron chi connectivity index (χ0n) is 57.3. The Balaban J connectivity index is 1.95. The van der Waals surface area contributed by atoms with Crippen molar-refractivity contribution in [2.75, 3.05) is 18.1 Å². The van der Waals surface area contributed by atoms with Gasteiger partial charge >= 0.3 is 17.9 Å². The molecule has 0 aliphatic heterocycles. The molecule has 0 saturated carbocycles. The quantitative estimate of drug-likeness (QED) is 0.0142. The third-order valence-corrected chi connectivity index (χ3v) is 17.1. The summed E-state index contributed by atoms with van der Waals surface area (Å²) in [4.78, 5) is 182. The van der Waals surface area contributed by atoms with E-state index in [1.807, 2.05) is 0 Å². The van der Waals surface area contributed by atoms with E-state index in [0.29, 0.717) is 23.1 Å². The van der Waals surface area contributed by atoms with E-state index in [4.69, 9.17) is 17.2 Å². The molecule has 32 nitrogen and oxygen atoms in total. The molecule has 0 bridgehead atoms. The maximum Gasteiger partial charge on any atom is 0.326 e. The molecule has 10 amide bonds. The van der Waals surface area contributed by atoms with Crippen LogP contribution in [0, 0.1) is 17.8 Å². The average molecular weight is 1450 g/mol. The Morgan fingerprint density at radius 3 is 1.18 bits per heavy atom. The lowest BCUT2D eigenvalue weighted by molar-refractivity contribution is -0.143. The number of amides is 10. The number of hydrogen-bond donors (Lipinski definition) is 20. The van der Waals surface area contributed by atoms with Gasteiger partial charge < -0.3 is 95.9 Å². The van der Waals surface area contributed by atoms with Gasteiger partial charge in [0.25, 0.3) is 0 Å². The predicted molar refractivity (Wildman–Crippen MR) is 378 cm³/mol. The van der Waals surface area contributed by atoms with Crippen molar-refractivity contribution in [1.82, 2.24) is 53.2 Å². The third kappa shape index (κ3) is 30.8. The molecule has 0 spiro atoms. The van der Waals surface area contributed by atoms with Crippen molar-refractivity contribution in [3.63, 3.8) is 0 Å². The maximum absolute atomic E-state index is 14.6. The largest absolute Gasteiger partial charge is 0.508 e. The zero-order chi connectivity index (χ0) is 75.6. The molecule has 3 aromatic carbocycles. The summed E-state index contributed by atoms with van der Waals surface area (Å²) in [6.07, 6.45) is -2.37. The summed E-state index contributed by atoms with van der Waals surface area (Å²) in [5.74, 6) is -16.3. The van der Waals surface area contributed by atoms with Crippen LogP contribution in [-0.2, 0) is 81.6 Å². The van der Waals surface area contributed by atoms with E-state index in [9.17, 15) is 87.9 Å². The minimum atomic E-state index is -1.75. The zero-order valence-corrected chi connectivity index (χ0v) is 59.1. The number of rotatable bonds is 45. The van der Waals surface area contributed by atoms with Crippen LogP contribution >= 0.6 is 25.3 Å². The summed E-state index contributed by atoms with van der Waals surface area (Å²) < 4.78 is 0. The van der Waals surface area contributed by atoms with E-state index >= 15 is 0 Å². The third-order valence-electron chi connectivity index (χ3n) is 16.3. The summed E-state index contributed by atoms with van der Waals surface area (Å²) in [6.45, 7) is 10.2. The predicted octanol–water partition coefficient (Wildman–Crippen LogP) is -0.833. The summed E-state index contributed by atoms with van der Waals surface area (Å²) >= 11 is 8.54. The number of phenolic OH excluding ortho intramolecular Hbond substituents is 2. The van der Waals surface area contributed by atoms with Crippen molar-refractivity contribution in [2.24, 2.45) is 39.9 Å². The molecule has 101 heavy (non-hydrogen) atoms. The van der Waals surface area contributed by atoms with E-state index in [1.165, 1.54) is 36.4 Å². The molecular formula is C67H98N14O18S2. The number of carbonyl (C=O) groups is 13. The van der Waals surface area contributed by atoms with Crippen molar-refractivity contribution in [1.29, 1.82) is 0 Å². The SMILES string of the molecule is CC[C@H](C)[C@H](NC(=O)[C@H](CC(C)C)NC(=O)[C@H](Cc1ccc(O)cc1)NC(=O)[C@H](CS)NC(=O)[C@H](Cc1ccccc1)NC(=O)[C@H](CCC(=O)O)NC(=O)[C@@H](NC(=O)[C@H](CCC(=O)O)NC(=O)[C@H](CS)NC(=O)[C@@H](N)Cc1ccc(O)cc1)[C@@H](C)CC)C(=O)N[C@@H](CCCN=C(N)N)C(=O)O. The Bertz CT molecular complexity index is 3310. The van der Waals surface area contributed by atoms with Gasteiger partial charge in [0.15, 0.2) is 5.96 Å². The number of aliphatic imine (C=N–C) groups is 1. The number of carbonyl (C=O) groups excluding carboxylic acids is 10. The number of phenols is 2. The van der Waals surface area contributed by atoms with Crippen LogP contribution in [0.3, 0.4) is 0 Å². The number of benzene rings is 3. The van der Waals surface area contributed by atoms with Crippen LogP contribution in [0.2, 0.25) is 0 Å². The van der Waals surface area contributed by atoms with Gasteiger partial charge in [-0.05, 0) is 97.2 Å². The number of nitrogens with two attached hydrogens (primary N) is 3. The van der Waals surface area contributed by atoms with Crippen LogP contribution in [0.5, 0.6) is 11.5 Å². The van der Waals surface area contributed by atoms with Gasteiger partial charge in [-0.1, -0.05) is 109 Å². The fraction of sp³-hybridized carbons (Fsp3) is 0.522. The highest BCUT2D eigenvalue weighted by Gasteiger charge is 2.38. The highest BCUT2D eigenvalue weighted by Crippen LogP contribution is 2.18. The Hall–Kier alpha value is -9.70. The number of nitrogens with one attached hydrogen (secondary N) is 10. The van der Waals surface area contributed by atoms with Crippen LogP contribution < -0.4 is 70.4 Å². The van der Waals surface area contributed by atoms with E-state index in [1.54, 1.807) is 84.0 Å². The van der Waals surface area contributed by atoms with Gasteiger partial charge in [-0.3, -0.25) is 62.5 Å². The maximum atomic E-state index is 14.6. The number of carboxylic acid groups (broad SMARTS) is 3. The molecule has 3 rings (SSSR count). The first kappa shape index (κ1) is 85.5. The lowest BCUT2D eigenvalue weighted by Crippen LogP contribution is -2.62. The molecule has 13 atom stereocenters. The standard InChI is InChI=1S/C67H98N14O18S2/c1-7-36(5)54(80-58(90)45(25-27-53(86)87)72-62(94)50(33-100)78-56(88)43(68)30-39-16-20-41(82)21-17-39)64(96)73-44(24-26-52(84)85)57(89)76-48(31-38-13-10-9-11-14-38)60(92)79-51(34-101)63(95)77-49(32-40-18-22-42(83)23-19-40)59(91)75-47(29-35(3)4)61(93)81-55(37(6)8-2)65(97)74-46(66(98)99)15-12-28-71-67(69)70/h9-11,13-14,16-23,35-37,43-51,54-55,82-83,100-101H,7-8,12,15,24-34,68H2,1-6H3,(H,72,94)(H,73,96)(H,74,97)(H,75,91)(H,76,89)(H,77,95)(H,78,88)(H,79,92)(H,80,90)(H,81,93)(H,84,85)(H,86,87)(H,98,99)(H4,69,70,71)/t36-,37-,43-,44-,45-,46-,47-,48-,49-,50-,51-,54-,55-/m0/s1. The Morgan fingerprint density at radius 2 is 0.772 bits per heavy atom. The molecule has 0 aromatic heterocycles. The van der Waals surface area contributed by atoms with Crippen molar-refractivity contribution >= 4 is 108 Å². The van der Waals surface area contributed by atoms with Crippen LogP contribution in [-0.4, -0.2) is 193 Å². The molecule has 0 aliphatic rings. The minimum absolute atomic E-state index is 0.00141. The fourth-order valence-corrected chi connectivity index (χ4v) is 10.6. The number of nitrogens with zero attached hydrogens (tertiary/aromatic N) is 1. The highest BCUT2D eigenvalue weighted by molar-refractivity contribution is 7.80. The molecule has 0 fully saturated rings. The second kappa shape index (κ2) is 43.7. The number of aromatic hydroxyl groups is 2. The van der Waals surface area contributed by atoms with Gasteiger partial charge in [0.1, 0.15) is 71.9 Å². The Kier molecular flexibility index (Phi) is 37.0. The highest BCUT2D eigenvalue weighted by atomic mass is 32.1. The number of thiol groups is 2. The second-order valence-electron chi connectivity index (χ2n) is 24.9. The average Bonchev–Trinajstić information content (AvgIpc) is 0.858. The van der Waals surface area contributed by atoms with Crippen LogP contribution in [0.15, 0.2) is 83.9 Å². The normalized spacial score (nSPS) is 15.0. The molecule has 3 aromatic rings. The topological polar surface area (TPSA) is 534 Å². The summed E-state index contributed by atoms with van der Waals surface area (Å²) in [5.41, 5.74) is 18.3. The van der Waals surface area contributed by atoms with Gasteiger partial charge in [-0.25, -0.2) is 4.79 Å². The molecule has 34 heteroatoms. The van der Waals surface area contributed by atoms with Gasteiger partial charge in [-0.2, -0.15) is 25.3 Å². The Labute approximate surface area is 596 Å². The first-order valence-electron chi connectivity index (χ1n) is 33.0. The van der Waals surface area contributed by atoms with E-state index in [2.05, 4.69) is 83.4 Å². The van der Waals surface area contributed by atoms with Crippen molar-refractivity contribution < 1.29 is 87.9 Å². The number of aliphatic carboxylic acids is 3. The van der Waals surface area contributed by atoms with Crippen LogP contribution in [0.25, 0.3) is 0 Å². The minimum Gasteiger partial charge on any atom is -0.508 e. The molecule has 556 valence electrons. The van der Waals surface area contributed by atoms with E-state index < -0.39 is 187 Å². The molecule has 0 heterocycles. The fourth-order valence-electron chi connectivity index (χ4n) is 10.1. The molecule has 0 aliphatic carbocycles. The van der Waals surface area contributed by atoms with Gasteiger partial charge in [0.05, 0.1) is 6.04 Å². The lowest BCUT2D eigenvalue weighted by atomic mass is 9.96. The van der Waals surface area contributed by atoms with E-state index in [-0.39, 0.29) is 80.6 Å². The number of hydrogen-bond acceptors (Lipinski definition) is 19. The smallest absolute Gasteiger partial charge is 0.326 e. The van der Waals surface area contributed by atoms with Crippen LogP contribution in [0.1, 0.15) is 116 Å². The summed E-state index contributed by atoms with van der Waals surface area (Å²) in [5, 5.41) is 74.6.